The Balaban J connectivity index is 2.66. The Morgan fingerprint density at radius 3 is 2.41 bits per heavy atom. The number of sulfone groups is 1. The molecule has 0 aromatic carbocycles. The van der Waals surface area contributed by atoms with Crippen LogP contribution in [0.4, 0.5) is 0 Å². The van der Waals surface area contributed by atoms with Gasteiger partial charge in [-0.25, -0.2) is 8.42 Å². The minimum atomic E-state index is -3.38. The average Bonchev–Trinajstić information content (AvgIpc) is 2.45. The minimum absolute atomic E-state index is 0.0408. The zero-order chi connectivity index (χ0) is 13.2. The van der Waals surface area contributed by atoms with E-state index in [0.29, 0.717) is 6.42 Å². The van der Waals surface area contributed by atoms with E-state index in [-0.39, 0.29) is 18.0 Å². The van der Waals surface area contributed by atoms with Gasteiger partial charge in [-0.15, -0.1) is 0 Å². The van der Waals surface area contributed by atoms with Crippen molar-refractivity contribution < 1.29 is 13.2 Å². The number of carbonyl (C=O) groups excluding carboxylic acids is 1. The van der Waals surface area contributed by atoms with Gasteiger partial charge in [-0.2, -0.15) is 0 Å². The Hall–Kier alpha value is -0.620. The van der Waals surface area contributed by atoms with Gasteiger partial charge in [-0.3, -0.25) is 4.79 Å². The largest absolute Gasteiger partial charge is 0.353 e. The lowest BCUT2D eigenvalue weighted by atomic mass is 10.1. The van der Waals surface area contributed by atoms with Gasteiger partial charge in [0.05, 0.1) is 5.25 Å². The van der Waals surface area contributed by atoms with Crippen LogP contribution in [0.5, 0.6) is 0 Å². The van der Waals surface area contributed by atoms with Crippen molar-refractivity contribution >= 4 is 15.7 Å². The third-order valence-electron chi connectivity index (χ3n) is 3.29. The summed E-state index contributed by atoms with van der Waals surface area (Å²) in [6, 6.07) is -0.108. The summed E-state index contributed by atoms with van der Waals surface area (Å²) < 4.78 is 24.1. The fourth-order valence-corrected chi connectivity index (χ4v) is 4.33. The summed E-state index contributed by atoms with van der Waals surface area (Å²) in [6.07, 6.45) is 1.29. The van der Waals surface area contributed by atoms with E-state index in [0.717, 1.165) is 6.42 Å². The molecule has 1 aliphatic rings. The monoisotopic (exact) mass is 262 g/mol. The molecule has 1 rings (SSSR count). The van der Waals surface area contributed by atoms with Gasteiger partial charge in [0.1, 0.15) is 5.75 Å². The molecule has 0 saturated heterocycles. The van der Waals surface area contributed by atoms with Crippen LogP contribution in [0.1, 0.15) is 33.6 Å². The van der Waals surface area contributed by atoms with Gasteiger partial charge in [0.15, 0.2) is 9.84 Å². The van der Waals surface area contributed by atoms with Crippen LogP contribution < -0.4 is 11.1 Å². The van der Waals surface area contributed by atoms with Gasteiger partial charge in [-0.05, 0) is 32.6 Å². The number of carbonyl (C=O) groups is 1. The van der Waals surface area contributed by atoms with E-state index in [1.165, 1.54) is 0 Å². The van der Waals surface area contributed by atoms with E-state index in [1.807, 2.05) is 6.92 Å². The van der Waals surface area contributed by atoms with Crippen LogP contribution in [0.15, 0.2) is 0 Å². The summed E-state index contributed by atoms with van der Waals surface area (Å²) in [5.74, 6) is -0.910. The molecule has 0 aromatic heterocycles. The normalized spacial score (nSPS) is 29.6. The molecular formula is C11H22N2O3S. The van der Waals surface area contributed by atoms with Crippen molar-refractivity contribution in [3.63, 3.8) is 0 Å². The first-order chi connectivity index (χ1) is 7.74. The van der Waals surface area contributed by atoms with Gasteiger partial charge in [0, 0.05) is 12.1 Å². The summed E-state index contributed by atoms with van der Waals surface area (Å²) >= 11 is 0. The first kappa shape index (κ1) is 14.4. The third kappa shape index (κ3) is 3.67. The number of rotatable bonds is 4. The topological polar surface area (TPSA) is 89.3 Å². The molecule has 0 aliphatic heterocycles. The highest BCUT2D eigenvalue weighted by Gasteiger charge is 2.39. The molecule has 3 unspecified atom stereocenters. The molecule has 0 heterocycles. The maximum Gasteiger partial charge on any atom is 0.235 e. The molecule has 1 saturated carbocycles. The molecule has 6 heteroatoms. The Morgan fingerprint density at radius 1 is 1.41 bits per heavy atom. The molecule has 1 amide bonds. The first-order valence-corrected chi connectivity index (χ1v) is 7.72. The van der Waals surface area contributed by atoms with Crippen LogP contribution in [0.2, 0.25) is 0 Å². The highest BCUT2D eigenvalue weighted by atomic mass is 32.2. The maximum absolute atomic E-state index is 12.1. The number of hydrogen-bond acceptors (Lipinski definition) is 4. The summed E-state index contributed by atoms with van der Waals surface area (Å²) in [5.41, 5.74) is 5.81. The van der Waals surface area contributed by atoms with Crippen molar-refractivity contribution in [1.82, 2.24) is 5.32 Å². The summed E-state index contributed by atoms with van der Waals surface area (Å²) in [6.45, 7) is 5.46. The molecule has 1 fully saturated rings. The zero-order valence-corrected chi connectivity index (χ0v) is 11.5. The number of nitrogens with one attached hydrogen (secondary N) is 1. The van der Waals surface area contributed by atoms with Crippen molar-refractivity contribution in [2.45, 2.75) is 50.9 Å². The molecule has 5 nitrogen and oxygen atoms in total. The molecule has 100 valence electrons. The predicted molar refractivity (Wildman–Crippen MR) is 67.2 cm³/mol. The van der Waals surface area contributed by atoms with E-state index >= 15 is 0 Å². The van der Waals surface area contributed by atoms with E-state index in [4.69, 9.17) is 5.73 Å². The van der Waals surface area contributed by atoms with E-state index in [1.54, 1.807) is 13.8 Å². The van der Waals surface area contributed by atoms with Gasteiger partial charge < -0.3 is 11.1 Å². The van der Waals surface area contributed by atoms with Crippen molar-refractivity contribution in [3.05, 3.63) is 0 Å². The number of hydrogen-bond donors (Lipinski definition) is 2. The minimum Gasteiger partial charge on any atom is -0.353 e. The van der Waals surface area contributed by atoms with Gasteiger partial charge in [0.25, 0.3) is 0 Å². The second kappa shape index (κ2) is 5.35. The first-order valence-electron chi connectivity index (χ1n) is 6.00. The van der Waals surface area contributed by atoms with Gasteiger partial charge in [-0.1, -0.05) is 6.92 Å². The summed E-state index contributed by atoms with van der Waals surface area (Å²) in [5, 5.41) is 2.14. The Bertz CT molecular complexity index is 378. The summed E-state index contributed by atoms with van der Waals surface area (Å²) in [7, 11) is -3.38. The van der Waals surface area contributed by atoms with Crippen molar-refractivity contribution in [3.8, 4) is 0 Å². The van der Waals surface area contributed by atoms with Crippen molar-refractivity contribution in [2.75, 3.05) is 5.75 Å². The van der Waals surface area contributed by atoms with E-state index < -0.39 is 26.7 Å². The van der Waals surface area contributed by atoms with Crippen LogP contribution in [-0.4, -0.2) is 37.4 Å². The smallest absolute Gasteiger partial charge is 0.235 e. The molecule has 17 heavy (non-hydrogen) atoms. The summed E-state index contributed by atoms with van der Waals surface area (Å²) in [4.78, 5) is 11.5. The van der Waals surface area contributed by atoms with Crippen LogP contribution in [0, 0.1) is 5.92 Å². The van der Waals surface area contributed by atoms with E-state index in [2.05, 4.69) is 5.32 Å². The van der Waals surface area contributed by atoms with Crippen LogP contribution >= 0.6 is 0 Å². The van der Waals surface area contributed by atoms with Crippen LogP contribution in [-0.2, 0) is 14.6 Å². The third-order valence-corrected chi connectivity index (χ3v) is 5.54. The molecule has 0 aromatic rings. The van der Waals surface area contributed by atoms with E-state index in [9.17, 15) is 13.2 Å². The lowest BCUT2D eigenvalue weighted by Crippen LogP contribution is -2.40. The second-order valence-electron chi connectivity index (χ2n) is 5.17. The van der Waals surface area contributed by atoms with Crippen LogP contribution in [0.25, 0.3) is 0 Å². The lowest BCUT2D eigenvalue weighted by molar-refractivity contribution is -0.119. The fourth-order valence-electron chi connectivity index (χ4n) is 2.32. The second-order valence-corrected chi connectivity index (χ2v) is 7.39. The molecular weight excluding hydrogens is 240 g/mol. The standard InChI is InChI=1S/C11H22N2O3S/c1-7(2)13-11(14)6-17(15,16)10-5-4-9(12)8(10)3/h7-10H,4-6,12H2,1-3H3,(H,13,14). The molecule has 1 aliphatic carbocycles. The Morgan fingerprint density at radius 2 is 2.00 bits per heavy atom. The highest BCUT2D eigenvalue weighted by Crippen LogP contribution is 2.30. The van der Waals surface area contributed by atoms with Crippen molar-refractivity contribution in [1.29, 1.82) is 0 Å². The van der Waals surface area contributed by atoms with Crippen molar-refractivity contribution in [2.24, 2.45) is 11.7 Å². The predicted octanol–water partition coefficient (Wildman–Crippen LogP) is 0.0516. The molecule has 0 bridgehead atoms. The maximum atomic E-state index is 12.1. The number of amides is 1. The van der Waals surface area contributed by atoms with Gasteiger partial charge >= 0.3 is 0 Å². The molecule has 0 radical (unpaired) electrons. The molecule has 3 N–H and O–H groups in total. The Kier molecular flexibility index (Phi) is 4.55. The number of nitrogens with two attached hydrogens (primary N) is 1. The molecule has 3 atom stereocenters. The zero-order valence-electron chi connectivity index (χ0n) is 10.6. The lowest BCUT2D eigenvalue weighted by Gasteiger charge is -2.18. The van der Waals surface area contributed by atoms with Crippen LogP contribution in [0.3, 0.4) is 0 Å². The van der Waals surface area contributed by atoms with Gasteiger partial charge in [0.2, 0.25) is 5.91 Å². The quantitative estimate of drug-likeness (QED) is 0.749. The fraction of sp³-hybridized carbons (Fsp3) is 0.909. The average molecular weight is 262 g/mol. The SMILES string of the molecule is CC(C)NC(=O)CS(=O)(=O)C1CCC(N)C1C. The molecule has 0 spiro atoms. The Labute approximate surface area is 103 Å². The highest BCUT2D eigenvalue weighted by molar-refractivity contribution is 7.92.